The normalized spacial score (nSPS) is 17.7. The molecule has 7 nitrogen and oxygen atoms in total. The maximum atomic E-state index is 12.6. The van der Waals surface area contributed by atoms with Crippen molar-refractivity contribution in [3.05, 3.63) is 39.4 Å². The van der Waals surface area contributed by atoms with Gasteiger partial charge in [-0.25, -0.2) is 0 Å². The monoisotopic (exact) mass is 320 g/mol. The SMILES string of the molecule is CCOC(=O)[C@H]1CCCN(C(=O)c2ccc([N+](=O)[O-])c(C)c2)C1. The van der Waals surface area contributed by atoms with Crippen LogP contribution >= 0.6 is 0 Å². The van der Waals surface area contributed by atoms with E-state index < -0.39 is 4.92 Å². The van der Waals surface area contributed by atoms with Crippen molar-refractivity contribution in [1.29, 1.82) is 0 Å². The summed E-state index contributed by atoms with van der Waals surface area (Å²) >= 11 is 0. The number of nitrogens with zero attached hydrogens (tertiary/aromatic N) is 2. The van der Waals surface area contributed by atoms with E-state index in [2.05, 4.69) is 0 Å². The van der Waals surface area contributed by atoms with E-state index in [0.29, 0.717) is 37.2 Å². The number of amides is 1. The number of esters is 1. The first-order chi connectivity index (χ1) is 10.9. The molecule has 0 N–H and O–H groups in total. The molecule has 1 aromatic rings. The molecule has 1 heterocycles. The van der Waals surface area contributed by atoms with Crippen LogP contribution in [0.15, 0.2) is 18.2 Å². The molecule has 1 aliphatic heterocycles. The fourth-order valence-electron chi connectivity index (χ4n) is 2.79. The van der Waals surface area contributed by atoms with Crippen LogP contribution in [-0.4, -0.2) is 41.4 Å². The highest BCUT2D eigenvalue weighted by Gasteiger charge is 2.30. The average molecular weight is 320 g/mol. The lowest BCUT2D eigenvalue weighted by atomic mass is 9.97. The quantitative estimate of drug-likeness (QED) is 0.482. The van der Waals surface area contributed by atoms with Gasteiger partial charge in [-0.15, -0.1) is 0 Å². The smallest absolute Gasteiger partial charge is 0.310 e. The van der Waals surface area contributed by atoms with Gasteiger partial charge < -0.3 is 9.64 Å². The van der Waals surface area contributed by atoms with Crippen LogP contribution in [0, 0.1) is 23.0 Å². The summed E-state index contributed by atoms with van der Waals surface area (Å²) in [5, 5.41) is 10.8. The predicted molar refractivity (Wildman–Crippen MR) is 83.1 cm³/mol. The standard InChI is InChI=1S/C16H20N2O5/c1-3-23-16(20)13-5-4-8-17(10-13)15(19)12-6-7-14(18(21)22)11(2)9-12/h6-7,9,13H,3-5,8,10H2,1-2H3/t13-/m0/s1. The molecule has 7 heteroatoms. The molecule has 0 aliphatic carbocycles. The molecule has 1 atom stereocenters. The molecule has 1 amide bonds. The Labute approximate surface area is 134 Å². The van der Waals surface area contributed by atoms with Gasteiger partial charge in [0.25, 0.3) is 11.6 Å². The molecule has 0 unspecified atom stereocenters. The highest BCUT2D eigenvalue weighted by Crippen LogP contribution is 2.23. The van der Waals surface area contributed by atoms with Gasteiger partial charge in [-0.1, -0.05) is 0 Å². The van der Waals surface area contributed by atoms with E-state index >= 15 is 0 Å². The van der Waals surface area contributed by atoms with Gasteiger partial charge in [-0.05, 0) is 38.8 Å². The lowest BCUT2D eigenvalue weighted by Crippen LogP contribution is -2.42. The summed E-state index contributed by atoms with van der Waals surface area (Å²) in [6.07, 6.45) is 1.45. The first-order valence-corrected chi connectivity index (χ1v) is 7.65. The number of nitro benzene ring substituents is 1. The number of hydrogen-bond donors (Lipinski definition) is 0. The molecule has 1 aliphatic rings. The summed E-state index contributed by atoms with van der Waals surface area (Å²) in [5.41, 5.74) is 0.835. The van der Waals surface area contributed by atoms with Crippen molar-refractivity contribution < 1.29 is 19.2 Å². The van der Waals surface area contributed by atoms with Crippen LogP contribution in [0.2, 0.25) is 0 Å². The molecular weight excluding hydrogens is 300 g/mol. The Kier molecular flexibility index (Phi) is 5.31. The minimum Gasteiger partial charge on any atom is -0.466 e. The van der Waals surface area contributed by atoms with Gasteiger partial charge in [0.2, 0.25) is 0 Å². The molecule has 0 aromatic heterocycles. The van der Waals surface area contributed by atoms with E-state index in [9.17, 15) is 19.7 Å². The molecule has 1 aromatic carbocycles. The van der Waals surface area contributed by atoms with E-state index in [1.807, 2.05) is 0 Å². The van der Waals surface area contributed by atoms with Crippen LogP contribution in [0.1, 0.15) is 35.7 Å². The number of aryl methyl sites for hydroxylation is 1. The van der Waals surface area contributed by atoms with Crippen molar-refractivity contribution in [2.45, 2.75) is 26.7 Å². The second-order valence-electron chi connectivity index (χ2n) is 5.60. The van der Waals surface area contributed by atoms with Crippen molar-refractivity contribution in [1.82, 2.24) is 4.90 Å². The van der Waals surface area contributed by atoms with Crippen molar-refractivity contribution in [2.75, 3.05) is 19.7 Å². The van der Waals surface area contributed by atoms with Gasteiger partial charge in [0.05, 0.1) is 17.4 Å². The Morgan fingerprint density at radius 1 is 1.43 bits per heavy atom. The summed E-state index contributed by atoms with van der Waals surface area (Å²) in [6.45, 7) is 4.58. The summed E-state index contributed by atoms with van der Waals surface area (Å²) < 4.78 is 5.02. The molecule has 124 valence electrons. The zero-order chi connectivity index (χ0) is 17.0. The first-order valence-electron chi connectivity index (χ1n) is 7.65. The Hall–Kier alpha value is -2.44. The Morgan fingerprint density at radius 3 is 2.78 bits per heavy atom. The molecule has 1 saturated heterocycles. The maximum Gasteiger partial charge on any atom is 0.310 e. The molecule has 1 fully saturated rings. The number of nitro groups is 1. The highest BCUT2D eigenvalue weighted by molar-refractivity contribution is 5.95. The van der Waals surface area contributed by atoms with Crippen molar-refractivity contribution in [2.24, 2.45) is 5.92 Å². The van der Waals surface area contributed by atoms with Gasteiger partial charge in [-0.3, -0.25) is 19.7 Å². The highest BCUT2D eigenvalue weighted by atomic mass is 16.6. The Bertz CT molecular complexity index is 629. The van der Waals surface area contributed by atoms with Gasteiger partial charge >= 0.3 is 5.97 Å². The van der Waals surface area contributed by atoms with Gasteiger partial charge in [0.1, 0.15) is 0 Å². The van der Waals surface area contributed by atoms with Crippen LogP contribution in [0.25, 0.3) is 0 Å². The van der Waals surface area contributed by atoms with E-state index in [4.69, 9.17) is 4.74 Å². The lowest BCUT2D eigenvalue weighted by molar-refractivity contribution is -0.385. The number of benzene rings is 1. The number of hydrogen-bond acceptors (Lipinski definition) is 5. The van der Waals surface area contributed by atoms with Crippen molar-refractivity contribution >= 4 is 17.6 Å². The Balaban J connectivity index is 2.12. The summed E-state index contributed by atoms with van der Waals surface area (Å²) in [4.78, 5) is 36.4. The number of piperidine rings is 1. The maximum absolute atomic E-state index is 12.6. The number of ether oxygens (including phenoxy) is 1. The van der Waals surface area contributed by atoms with E-state index in [1.165, 1.54) is 18.2 Å². The minimum atomic E-state index is -0.471. The third-order valence-electron chi connectivity index (χ3n) is 3.97. The average Bonchev–Trinajstić information content (AvgIpc) is 2.54. The van der Waals surface area contributed by atoms with E-state index in [-0.39, 0.29) is 23.5 Å². The topological polar surface area (TPSA) is 89.8 Å². The van der Waals surface area contributed by atoms with Crippen molar-refractivity contribution in [3.63, 3.8) is 0 Å². The Morgan fingerprint density at radius 2 is 2.17 bits per heavy atom. The van der Waals surface area contributed by atoms with E-state index in [1.54, 1.807) is 18.7 Å². The molecule has 0 spiro atoms. The second-order valence-corrected chi connectivity index (χ2v) is 5.60. The zero-order valence-electron chi connectivity index (χ0n) is 13.3. The molecule has 0 saturated carbocycles. The number of carbonyl (C=O) groups excluding carboxylic acids is 2. The van der Waals surface area contributed by atoms with E-state index in [0.717, 1.165) is 6.42 Å². The summed E-state index contributed by atoms with van der Waals surface area (Å²) in [7, 11) is 0. The van der Waals surface area contributed by atoms with Gasteiger partial charge in [-0.2, -0.15) is 0 Å². The molecule has 2 rings (SSSR count). The third-order valence-corrected chi connectivity index (χ3v) is 3.97. The predicted octanol–water partition coefficient (Wildman–Crippen LogP) is 2.32. The fourth-order valence-corrected chi connectivity index (χ4v) is 2.79. The molecular formula is C16H20N2O5. The number of likely N-dealkylation sites (tertiary alicyclic amines) is 1. The lowest BCUT2D eigenvalue weighted by Gasteiger charge is -2.31. The van der Waals surface area contributed by atoms with Crippen LogP contribution < -0.4 is 0 Å². The summed E-state index contributed by atoms with van der Waals surface area (Å²) in [5.74, 6) is -0.784. The van der Waals surface area contributed by atoms with Gasteiger partial charge in [0, 0.05) is 30.3 Å². The fraction of sp³-hybridized carbons (Fsp3) is 0.500. The van der Waals surface area contributed by atoms with Crippen LogP contribution in [-0.2, 0) is 9.53 Å². The number of carbonyl (C=O) groups is 2. The summed E-state index contributed by atoms with van der Waals surface area (Å²) in [6, 6.07) is 4.32. The first kappa shape index (κ1) is 16.9. The molecule has 23 heavy (non-hydrogen) atoms. The van der Waals surface area contributed by atoms with Crippen LogP contribution in [0.5, 0.6) is 0 Å². The second kappa shape index (κ2) is 7.21. The molecule has 0 radical (unpaired) electrons. The van der Waals surface area contributed by atoms with Crippen LogP contribution in [0.3, 0.4) is 0 Å². The van der Waals surface area contributed by atoms with Crippen molar-refractivity contribution in [3.8, 4) is 0 Å². The van der Waals surface area contributed by atoms with Crippen LogP contribution in [0.4, 0.5) is 5.69 Å². The largest absolute Gasteiger partial charge is 0.466 e. The van der Waals surface area contributed by atoms with Gasteiger partial charge in [0.15, 0.2) is 0 Å². The third kappa shape index (κ3) is 3.85. The molecule has 0 bridgehead atoms. The zero-order valence-corrected chi connectivity index (χ0v) is 13.3. The minimum absolute atomic E-state index is 0.00963. The number of rotatable bonds is 4.